The molecule has 0 unspecified atom stereocenters. The van der Waals surface area contributed by atoms with Crippen LogP contribution in [0.3, 0.4) is 0 Å². The van der Waals surface area contributed by atoms with Crippen molar-refractivity contribution in [3.63, 3.8) is 0 Å². The van der Waals surface area contributed by atoms with Crippen LogP contribution in [0.5, 0.6) is 0 Å². The molecule has 8 aromatic carbocycles. The fourth-order valence-corrected chi connectivity index (χ4v) is 7.49. The fraction of sp³-hybridized carbons (Fsp3) is 0. The van der Waals surface area contributed by atoms with Gasteiger partial charge in [-0.05, 0) is 81.9 Å². The van der Waals surface area contributed by atoms with Gasteiger partial charge < -0.3 is 4.57 Å². The van der Waals surface area contributed by atoms with Crippen LogP contribution in [-0.4, -0.2) is 19.5 Å². The molecular weight excluding hydrogens is 669 g/mol. The Morgan fingerprint density at radius 3 is 1.31 bits per heavy atom. The van der Waals surface area contributed by atoms with Crippen LogP contribution in [0.2, 0.25) is 0 Å². The first-order chi connectivity index (χ1) is 27.2. The van der Waals surface area contributed by atoms with Gasteiger partial charge in [0.2, 0.25) is 0 Å². The van der Waals surface area contributed by atoms with Gasteiger partial charge in [0.05, 0.1) is 11.0 Å². The summed E-state index contributed by atoms with van der Waals surface area (Å²) in [5.74, 6) is 1.90. The van der Waals surface area contributed by atoms with E-state index in [-0.39, 0.29) is 0 Å². The van der Waals surface area contributed by atoms with E-state index in [1.165, 1.54) is 38.5 Å². The fourth-order valence-electron chi connectivity index (χ4n) is 7.49. The number of aromatic nitrogens is 4. The second kappa shape index (κ2) is 13.8. The van der Waals surface area contributed by atoms with Crippen molar-refractivity contribution in [1.82, 2.24) is 19.5 Å². The summed E-state index contributed by atoms with van der Waals surface area (Å²) in [6, 6.07) is 72.3. The number of fused-ring (bicyclic) bond motifs is 3. The lowest BCUT2D eigenvalue weighted by Crippen LogP contribution is -2.00. The molecule has 4 heteroatoms. The van der Waals surface area contributed by atoms with Gasteiger partial charge >= 0.3 is 0 Å². The number of hydrogen-bond acceptors (Lipinski definition) is 3. The van der Waals surface area contributed by atoms with Crippen molar-refractivity contribution >= 4 is 21.8 Å². The third-order valence-corrected chi connectivity index (χ3v) is 10.3. The quantitative estimate of drug-likeness (QED) is 0.166. The lowest BCUT2D eigenvalue weighted by Gasteiger charge is -2.11. The minimum absolute atomic E-state index is 0.628. The first-order valence-corrected chi connectivity index (χ1v) is 18.5. The van der Waals surface area contributed by atoms with E-state index in [9.17, 15) is 0 Å². The van der Waals surface area contributed by atoms with Gasteiger partial charge in [0, 0.05) is 33.2 Å². The second-order valence-electron chi connectivity index (χ2n) is 13.7. The molecule has 0 saturated carbocycles. The average molecular weight is 703 g/mol. The van der Waals surface area contributed by atoms with Crippen molar-refractivity contribution in [2.45, 2.75) is 0 Å². The summed E-state index contributed by atoms with van der Waals surface area (Å²) in [5, 5.41) is 2.45. The van der Waals surface area contributed by atoms with Crippen LogP contribution in [0.1, 0.15) is 0 Å². The van der Waals surface area contributed by atoms with Crippen LogP contribution < -0.4 is 0 Å². The number of hydrogen-bond donors (Lipinski definition) is 0. The van der Waals surface area contributed by atoms with Crippen molar-refractivity contribution in [2.24, 2.45) is 0 Å². The molecule has 0 spiro atoms. The van der Waals surface area contributed by atoms with Crippen LogP contribution in [-0.2, 0) is 0 Å². The summed E-state index contributed by atoms with van der Waals surface area (Å²) in [4.78, 5) is 15.1. The highest BCUT2D eigenvalue weighted by Gasteiger charge is 2.16. The van der Waals surface area contributed by atoms with Crippen molar-refractivity contribution in [3.8, 4) is 73.2 Å². The van der Waals surface area contributed by atoms with Gasteiger partial charge in [0.1, 0.15) is 0 Å². The van der Waals surface area contributed by atoms with Crippen LogP contribution in [0.25, 0.3) is 95.0 Å². The average Bonchev–Trinajstić information content (AvgIpc) is 3.61. The SMILES string of the molecule is c1ccc(-c2ccc(-c3cccc(-c4nc(-c5ccccc5)nc(-c5ccc(-n6c7ccccc7c7cc(-c8ccccc8)ccc76)cc5)n4)c3)cc2)cc1. The number of para-hydroxylation sites is 1. The highest BCUT2D eigenvalue weighted by molar-refractivity contribution is 6.10. The second-order valence-corrected chi connectivity index (χ2v) is 13.7. The standard InChI is InChI=1S/C51H34N4/c1-4-13-35(14-5-1)37-23-25-38(26-24-37)41-19-12-20-43(33-41)51-53-49(39-17-8-3-9-18-39)52-50(54-51)40-27-30-44(31-28-40)55-47-22-11-10-21-45(47)46-34-42(29-32-48(46)55)36-15-6-2-7-16-36/h1-34H. The number of rotatable bonds is 7. The summed E-state index contributed by atoms with van der Waals surface area (Å²) in [6.07, 6.45) is 0. The van der Waals surface area contributed by atoms with Crippen LogP contribution in [0, 0.1) is 0 Å². The van der Waals surface area contributed by atoms with Gasteiger partial charge in [-0.2, -0.15) is 0 Å². The largest absolute Gasteiger partial charge is 0.309 e. The topological polar surface area (TPSA) is 43.6 Å². The third-order valence-electron chi connectivity index (χ3n) is 10.3. The van der Waals surface area contributed by atoms with E-state index in [1.54, 1.807) is 0 Å². The van der Waals surface area contributed by atoms with Crippen molar-refractivity contribution in [1.29, 1.82) is 0 Å². The Balaban J connectivity index is 1.03. The Bertz CT molecular complexity index is 2930. The number of nitrogens with zero attached hydrogens (tertiary/aromatic N) is 4. The van der Waals surface area contributed by atoms with E-state index in [1.807, 2.05) is 36.4 Å². The molecule has 258 valence electrons. The van der Waals surface area contributed by atoms with Gasteiger partial charge in [-0.15, -0.1) is 0 Å². The number of benzene rings is 8. The van der Waals surface area contributed by atoms with Gasteiger partial charge in [0.15, 0.2) is 17.5 Å². The molecule has 2 aromatic heterocycles. The van der Waals surface area contributed by atoms with Gasteiger partial charge in [0.25, 0.3) is 0 Å². The maximum atomic E-state index is 5.09. The Morgan fingerprint density at radius 2 is 0.655 bits per heavy atom. The van der Waals surface area contributed by atoms with E-state index in [4.69, 9.17) is 15.0 Å². The van der Waals surface area contributed by atoms with Gasteiger partial charge in [-0.3, -0.25) is 0 Å². The molecule has 0 N–H and O–H groups in total. The Morgan fingerprint density at radius 1 is 0.255 bits per heavy atom. The van der Waals surface area contributed by atoms with Gasteiger partial charge in [-0.1, -0.05) is 158 Å². The summed E-state index contributed by atoms with van der Waals surface area (Å²) in [7, 11) is 0. The first kappa shape index (κ1) is 32.2. The molecule has 10 aromatic rings. The normalized spacial score (nSPS) is 11.3. The molecule has 0 bridgehead atoms. The first-order valence-electron chi connectivity index (χ1n) is 18.5. The summed E-state index contributed by atoms with van der Waals surface area (Å²) >= 11 is 0. The van der Waals surface area contributed by atoms with E-state index < -0.39 is 0 Å². The Kier molecular flexibility index (Phi) is 8.12. The highest BCUT2D eigenvalue weighted by atomic mass is 15.0. The zero-order valence-electron chi connectivity index (χ0n) is 29.9. The predicted octanol–water partition coefficient (Wildman–Crippen LogP) is 13.0. The Hall–Kier alpha value is -7.43. The molecule has 0 aliphatic heterocycles. The highest BCUT2D eigenvalue weighted by Crippen LogP contribution is 2.36. The zero-order valence-corrected chi connectivity index (χ0v) is 29.9. The zero-order chi connectivity index (χ0) is 36.6. The van der Waals surface area contributed by atoms with E-state index >= 15 is 0 Å². The molecule has 0 fully saturated rings. The summed E-state index contributed by atoms with van der Waals surface area (Å²) in [6.45, 7) is 0. The monoisotopic (exact) mass is 702 g/mol. The van der Waals surface area contributed by atoms with Crippen LogP contribution in [0.15, 0.2) is 206 Å². The summed E-state index contributed by atoms with van der Waals surface area (Å²) < 4.78 is 2.34. The molecule has 0 aliphatic rings. The molecule has 0 saturated heterocycles. The van der Waals surface area contributed by atoms with E-state index in [2.05, 4.69) is 174 Å². The third kappa shape index (κ3) is 6.16. The Labute approximate surface area is 319 Å². The maximum Gasteiger partial charge on any atom is 0.164 e. The lowest BCUT2D eigenvalue weighted by atomic mass is 9.99. The van der Waals surface area contributed by atoms with Crippen molar-refractivity contribution in [2.75, 3.05) is 0 Å². The summed E-state index contributed by atoms with van der Waals surface area (Å²) in [5.41, 5.74) is 13.2. The molecule has 0 aliphatic carbocycles. The van der Waals surface area contributed by atoms with Gasteiger partial charge in [-0.25, -0.2) is 15.0 Å². The van der Waals surface area contributed by atoms with E-state index in [0.717, 1.165) is 39.0 Å². The lowest BCUT2D eigenvalue weighted by molar-refractivity contribution is 1.07. The predicted molar refractivity (Wildman–Crippen MR) is 227 cm³/mol. The maximum absolute atomic E-state index is 5.09. The molecular formula is C51H34N4. The minimum atomic E-state index is 0.628. The molecule has 2 heterocycles. The molecule has 10 rings (SSSR count). The van der Waals surface area contributed by atoms with Crippen LogP contribution in [0.4, 0.5) is 0 Å². The molecule has 0 radical (unpaired) electrons. The molecule has 4 nitrogen and oxygen atoms in total. The van der Waals surface area contributed by atoms with E-state index in [0.29, 0.717) is 17.5 Å². The minimum Gasteiger partial charge on any atom is -0.309 e. The van der Waals surface area contributed by atoms with Crippen molar-refractivity contribution in [3.05, 3.63) is 206 Å². The molecule has 55 heavy (non-hydrogen) atoms. The molecule has 0 atom stereocenters. The molecule has 0 amide bonds. The van der Waals surface area contributed by atoms with Crippen molar-refractivity contribution < 1.29 is 0 Å². The van der Waals surface area contributed by atoms with Crippen LogP contribution >= 0.6 is 0 Å². The smallest absolute Gasteiger partial charge is 0.164 e.